The van der Waals surface area contributed by atoms with Crippen molar-refractivity contribution in [1.29, 1.82) is 5.26 Å². The summed E-state index contributed by atoms with van der Waals surface area (Å²) in [6.07, 6.45) is 0. The van der Waals surface area contributed by atoms with Gasteiger partial charge in [-0.25, -0.2) is 5.26 Å². The van der Waals surface area contributed by atoms with Gasteiger partial charge >= 0.3 is 8.12 Å². The number of hydrogen-bond donors (Lipinski definition) is 0. The number of hydrogen-bond acceptors (Lipinski definition) is 1. The predicted molar refractivity (Wildman–Crippen MR) is 16.3 cm³/mol. The molecule has 0 aromatic heterocycles. The van der Waals surface area contributed by atoms with Gasteiger partial charge in [0.05, 0.1) is 0 Å². The third-order valence-electron chi connectivity index (χ3n) is 0. The molecule has 3 heteroatoms. The molecule has 0 aromatic carbocycles. The summed E-state index contributed by atoms with van der Waals surface area (Å²) in [5.74, 6) is 0. The van der Waals surface area contributed by atoms with Crippen LogP contribution in [0.1, 0.15) is 0 Å². The van der Waals surface area contributed by atoms with Gasteiger partial charge in [0.2, 0.25) is 0 Å². The zero-order valence-corrected chi connectivity index (χ0v) is 2.40. The van der Waals surface area contributed by atoms with Crippen molar-refractivity contribution < 1.29 is 4.32 Å². The molecule has 0 aliphatic heterocycles. The second-order valence-electron chi connectivity index (χ2n) is 0. The standard InChI is InChI=1S/CHN.BFH2/c2*1-2/h1H;1H2. The van der Waals surface area contributed by atoms with Crippen LogP contribution in [0.5, 0.6) is 0 Å². The van der Waals surface area contributed by atoms with Crippen molar-refractivity contribution in [3.8, 4) is 6.57 Å². The monoisotopic (exact) mass is 59.0 g/mol. The lowest BCUT2D eigenvalue weighted by Crippen LogP contribution is -1.06. The van der Waals surface area contributed by atoms with Gasteiger partial charge in [0.25, 0.3) is 0 Å². The van der Waals surface area contributed by atoms with E-state index in [1.54, 1.807) is 0 Å². The Morgan fingerprint density at radius 2 is 1.50 bits per heavy atom. The van der Waals surface area contributed by atoms with Crippen molar-refractivity contribution >= 4 is 8.12 Å². The molecule has 0 amide bonds. The minimum atomic E-state index is 0.500. The predicted octanol–water partition coefficient (Wildman–Crippen LogP) is -0.356. The first-order valence-electron chi connectivity index (χ1n) is 0.636. The fourth-order valence-corrected chi connectivity index (χ4v) is 0. The van der Waals surface area contributed by atoms with Crippen molar-refractivity contribution in [2.45, 2.75) is 0 Å². The van der Waals surface area contributed by atoms with Gasteiger partial charge in [-0.2, -0.15) is 0 Å². The Morgan fingerprint density at radius 3 is 1.50 bits per heavy atom. The van der Waals surface area contributed by atoms with Crippen molar-refractivity contribution in [3.63, 3.8) is 0 Å². The maximum Gasteiger partial charge on any atom is 0.314 e. The molecule has 0 N–H and O–H groups in total. The molecular weight excluding hydrogens is 55.8 g/mol. The second-order valence-corrected chi connectivity index (χ2v) is 0. The summed E-state index contributed by atoms with van der Waals surface area (Å²) in [6.45, 7) is 3.50. The highest BCUT2D eigenvalue weighted by Gasteiger charge is 1.04. The lowest BCUT2D eigenvalue weighted by molar-refractivity contribution is 0.902. The van der Waals surface area contributed by atoms with E-state index in [9.17, 15) is 4.32 Å². The first kappa shape index (κ1) is 9.76. The van der Waals surface area contributed by atoms with E-state index in [0.717, 1.165) is 0 Å². The summed E-state index contributed by atoms with van der Waals surface area (Å²) in [5.41, 5.74) is 0. The third kappa shape index (κ3) is 1.32. The minimum Gasteiger partial charge on any atom is -0.347 e. The summed E-state index contributed by atoms with van der Waals surface area (Å²) >= 11 is 0. The lowest BCUT2D eigenvalue weighted by Gasteiger charge is -1.07. The van der Waals surface area contributed by atoms with Crippen LogP contribution in [0.25, 0.3) is 0 Å². The Labute approximate surface area is 25.5 Å². The molecule has 0 saturated carbocycles. The number of halogens is 1. The molecule has 0 spiro atoms. The molecule has 0 unspecified atom stereocenters. The highest BCUT2D eigenvalue weighted by molar-refractivity contribution is 5.96. The highest BCUT2D eigenvalue weighted by Crippen LogP contribution is 1.10. The Hall–Kier alpha value is -0.515. The molecule has 0 saturated heterocycles. The van der Waals surface area contributed by atoms with Crippen molar-refractivity contribution in [2.75, 3.05) is 0 Å². The smallest absolute Gasteiger partial charge is 0.314 e. The first-order valence-corrected chi connectivity index (χ1v) is 0.636. The SMILES string of the molecule is BF.C#N. The quantitative estimate of drug-likeness (QED) is 0.349. The Balaban J connectivity index is 0. The van der Waals surface area contributed by atoms with Crippen LogP contribution in [0.2, 0.25) is 0 Å². The van der Waals surface area contributed by atoms with Crippen LogP contribution in [0.4, 0.5) is 4.32 Å². The van der Waals surface area contributed by atoms with Gasteiger partial charge in [-0.15, -0.1) is 0 Å². The van der Waals surface area contributed by atoms with E-state index in [4.69, 9.17) is 5.26 Å². The van der Waals surface area contributed by atoms with Crippen LogP contribution in [0.3, 0.4) is 0 Å². The molecule has 1 nitrogen and oxygen atoms in total. The van der Waals surface area contributed by atoms with Crippen molar-refractivity contribution in [3.05, 3.63) is 0 Å². The Morgan fingerprint density at radius 1 is 1.50 bits per heavy atom. The van der Waals surface area contributed by atoms with Gasteiger partial charge in [-0.3, -0.25) is 0 Å². The normalized spacial score (nSPS) is 1.75. The Bertz CT molecular complexity index is 12.8. The highest BCUT2D eigenvalue weighted by atomic mass is 19.1. The summed E-state index contributed by atoms with van der Waals surface area (Å²) in [4.78, 5) is 0. The van der Waals surface area contributed by atoms with Gasteiger partial charge in [-0.1, -0.05) is 0 Å². The molecule has 0 fully saturated rings. The zero-order chi connectivity index (χ0) is 4.00. The van der Waals surface area contributed by atoms with Crippen LogP contribution in [0, 0.1) is 11.8 Å². The van der Waals surface area contributed by atoms with Gasteiger partial charge in [0, 0.05) is 6.57 Å². The van der Waals surface area contributed by atoms with E-state index < -0.39 is 0 Å². The van der Waals surface area contributed by atoms with Gasteiger partial charge < -0.3 is 4.32 Å². The first-order chi connectivity index (χ1) is 2.00. The van der Waals surface area contributed by atoms with Crippen LogP contribution in [-0.2, 0) is 0 Å². The summed E-state index contributed by atoms with van der Waals surface area (Å²) < 4.78 is 9.50. The molecule has 0 rings (SSSR count). The summed E-state index contributed by atoms with van der Waals surface area (Å²) in [6, 6.07) is 0. The lowest BCUT2D eigenvalue weighted by atomic mass is 10.7. The molecule has 0 atom stereocenters. The maximum atomic E-state index is 9.50. The molecule has 0 aliphatic rings. The molecule has 0 heterocycles. The van der Waals surface area contributed by atoms with Crippen LogP contribution in [-0.4, -0.2) is 8.12 Å². The van der Waals surface area contributed by atoms with E-state index in [-0.39, 0.29) is 0 Å². The summed E-state index contributed by atoms with van der Waals surface area (Å²) in [5, 5.41) is 6.50. The van der Waals surface area contributed by atoms with Crippen molar-refractivity contribution in [2.24, 2.45) is 0 Å². The minimum absolute atomic E-state index is 0.500. The average Bonchev–Trinajstić information content (AvgIpc) is 1.50. The summed E-state index contributed by atoms with van der Waals surface area (Å²) in [7, 11) is 0.500. The van der Waals surface area contributed by atoms with Crippen LogP contribution in [0.15, 0.2) is 0 Å². The largest absolute Gasteiger partial charge is 0.347 e. The van der Waals surface area contributed by atoms with Gasteiger partial charge in [0.15, 0.2) is 0 Å². The fraction of sp³-hybridized carbons (Fsp3) is 0. The van der Waals surface area contributed by atoms with Crippen LogP contribution < -0.4 is 0 Å². The second kappa shape index (κ2) is 20.7. The molecule has 0 bridgehead atoms. The fourth-order valence-electron chi connectivity index (χ4n) is 0. The van der Waals surface area contributed by atoms with E-state index in [1.165, 1.54) is 0 Å². The maximum absolute atomic E-state index is 9.50. The number of rotatable bonds is 0. The van der Waals surface area contributed by atoms with E-state index in [1.807, 2.05) is 0 Å². The molecule has 0 aliphatic carbocycles. The van der Waals surface area contributed by atoms with Crippen molar-refractivity contribution in [1.82, 2.24) is 0 Å². The van der Waals surface area contributed by atoms with Gasteiger partial charge in [0.1, 0.15) is 0 Å². The zero-order valence-electron chi connectivity index (χ0n) is 2.40. The average molecular weight is 58.9 g/mol. The topological polar surface area (TPSA) is 23.8 Å². The van der Waals surface area contributed by atoms with E-state index >= 15 is 0 Å². The molecule has 0 radical (unpaired) electrons. The number of nitrogens with zero attached hydrogens (tertiary/aromatic N) is 1. The number of nitriles is 1. The molecular formula is CH3BFN. The molecule has 22 valence electrons. The van der Waals surface area contributed by atoms with Gasteiger partial charge in [-0.05, 0) is 0 Å². The Kier molecular flexibility index (Phi) is 50.4. The van der Waals surface area contributed by atoms with E-state index in [2.05, 4.69) is 6.57 Å². The van der Waals surface area contributed by atoms with Crippen LogP contribution >= 0.6 is 0 Å². The third-order valence-corrected chi connectivity index (χ3v) is 0. The molecule has 4 heavy (non-hydrogen) atoms. The molecule has 0 aromatic rings. The van der Waals surface area contributed by atoms with E-state index in [0.29, 0.717) is 8.12 Å².